The van der Waals surface area contributed by atoms with E-state index in [1.807, 2.05) is 0 Å². The highest BCUT2D eigenvalue weighted by atomic mass is 31.1. The highest BCUT2D eigenvalue weighted by Gasteiger charge is 2.19. The minimum atomic E-state index is -2.67. The van der Waals surface area contributed by atoms with Crippen molar-refractivity contribution in [1.82, 2.24) is 9.55 Å². The van der Waals surface area contributed by atoms with Gasteiger partial charge in [0.25, 0.3) is 0 Å². The summed E-state index contributed by atoms with van der Waals surface area (Å²) in [5, 5.41) is 9.69. The molecule has 0 saturated carbocycles. The monoisotopic (exact) mass is 560 g/mol. The minimum Gasteiger partial charge on any atom is -0.394 e. The van der Waals surface area contributed by atoms with Gasteiger partial charge in [0.2, 0.25) is 0 Å². The predicted molar refractivity (Wildman–Crippen MR) is 150 cm³/mol. The first kappa shape index (κ1) is 34.6. The summed E-state index contributed by atoms with van der Waals surface area (Å²) in [4.78, 5) is 24.5. The Morgan fingerprint density at radius 3 is 2.03 bits per heavy atom. The van der Waals surface area contributed by atoms with E-state index >= 15 is 0 Å². The van der Waals surface area contributed by atoms with Gasteiger partial charge in [-0.05, 0) is 12.5 Å². The number of nitrogen functional groups attached to an aromatic ring is 1. The third-order valence-electron chi connectivity index (χ3n) is 6.51. The number of anilines is 1. The fraction of sp³-hybridized carbons (Fsp3) is 0.852. The van der Waals surface area contributed by atoms with Crippen LogP contribution in [-0.4, -0.2) is 58.2 Å². The number of nitrogens with zero attached hydrogens (tertiary/aromatic N) is 2. The van der Waals surface area contributed by atoms with Crippen molar-refractivity contribution in [3.8, 4) is 0 Å². The summed E-state index contributed by atoms with van der Waals surface area (Å²) >= 11 is 0. The van der Waals surface area contributed by atoms with Gasteiger partial charge in [-0.1, -0.05) is 90.4 Å². The normalized spacial score (nSPS) is 13.5. The highest BCUT2D eigenvalue weighted by Crippen LogP contribution is 2.17. The van der Waals surface area contributed by atoms with Gasteiger partial charge in [-0.2, -0.15) is 4.98 Å². The van der Waals surface area contributed by atoms with E-state index < -0.39 is 20.0 Å². The Labute approximate surface area is 229 Å². The lowest BCUT2D eigenvalue weighted by molar-refractivity contribution is -0.0688. The molecule has 220 valence electrons. The molecule has 0 aliphatic heterocycles. The predicted octanol–water partition coefficient (Wildman–Crippen LogP) is 5.13. The smallest absolute Gasteiger partial charge is 0.394 e. The van der Waals surface area contributed by atoms with Gasteiger partial charge in [0.1, 0.15) is 12.4 Å². The van der Waals surface area contributed by atoms with Crippen molar-refractivity contribution in [3.05, 3.63) is 22.7 Å². The van der Waals surface area contributed by atoms with Crippen molar-refractivity contribution in [2.45, 2.75) is 122 Å². The summed E-state index contributed by atoms with van der Waals surface area (Å²) in [6.45, 7) is 2.86. The number of rotatable bonds is 26. The molecule has 0 bridgehead atoms. The Hall–Kier alpha value is -1.42. The Morgan fingerprint density at radius 1 is 0.921 bits per heavy atom. The second-order valence-electron chi connectivity index (χ2n) is 9.87. The molecular formula is C27H51N3O7P+. The van der Waals surface area contributed by atoms with Crippen molar-refractivity contribution in [1.29, 1.82) is 0 Å². The van der Waals surface area contributed by atoms with Gasteiger partial charge < -0.3 is 20.3 Å². The second kappa shape index (κ2) is 23.5. The zero-order chi connectivity index (χ0) is 27.8. The van der Waals surface area contributed by atoms with Crippen LogP contribution in [0.5, 0.6) is 0 Å². The van der Waals surface area contributed by atoms with E-state index in [9.17, 15) is 14.5 Å². The first-order chi connectivity index (χ1) is 18.5. The molecule has 1 aromatic heterocycles. The third-order valence-corrected chi connectivity index (χ3v) is 6.91. The fourth-order valence-electron chi connectivity index (χ4n) is 4.23. The van der Waals surface area contributed by atoms with Crippen LogP contribution in [-0.2, 0) is 25.1 Å². The molecule has 0 amide bonds. The Balaban J connectivity index is 2.22. The second-order valence-corrected chi connectivity index (χ2v) is 10.6. The van der Waals surface area contributed by atoms with E-state index in [2.05, 4.69) is 11.9 Å². The van der Waals surface area contributed by atoms with Gasteiger partial charge >= 0.3 is 13.9 Å². The number of aliphatic hydroxyl groups excluding tert-OH is 1. The van der Waals surface area contributed by atoms with Crippen LogP contribution in [0.15, 0.2) is 17.1 Å². The van der Waals surface area contributed by atoms with E-state index in [1.165, 1.54) is 93.9 Å². The molecule has 1 rings (SSSR count). The van der Waals surface area contributed by atoms with Crippen LogP contribution in [0.1, 0.15) is 103 Å². The first-order valence-electron chi connectivity index (χ1n) is 14.4. The first-order valence-corrected chi connectivity index (χ1v) is 15.5. The fourth-order valence-corrected chi connectivity index (χ4v) is 4.49. The molecule has 0 spiro atoms. The van der Waals surface area contributed by atoms with Crippen LogP contribution in [0, 0.1) is 0 Å². The quantitative estimate of drug-likeness (QED) is 0.104. The molecule has 0 aromatic carbocycles. The third kappa shape index (κ3) is 18.8. The minimum absolute atomic E-state index is 0.0591. The molecule has 0 aliphatic rings. The van der Waals surface area contributed by atoms with Crippen molar-refractivity contribution >= 4 is 14.1 Å². The van der Waals surface area contributed by atoms with Crippen LogP contribution < -0.4 is 11.4 Å². The molecule has 11 heteroatoms. The van der Waals surface area contributed by atoms with Crippen LogP contribution in [0.25, 0.3) is 0 Å². The van der Waals surface area contributed by atoms with E-state index in [4.69, 9.17) is 24.6 Å². The molecule has 38 heavy (non-hydrogen) atoms. The van der Waals surface area contributed by atoms with Gasteiger partial charge in [-0.15, -0.1) is 9.42 Å². The molecule has 0 aliphatic carbocycles. The molecule has 0 saturated heterocycles. The molecule has 1 heterocycles. The Kier molecular flexibility index (Phi) is 21.4. The van der Waals surface area contributed by atoms with Crippen LogP contribution in [0.3, 0.4) is 0 Å². The van der Waals surface area contributed by atoms with Crippen molar-refractivity contribution in [2.75, 3.05) is 32.2 Å². The van der Waals surface area contributed by atoms with Crippen LogP contribution >= 0.6 is 8.25 Å². The number of unbranched alkanes of at least 4 members (excludes halogenated alkanes) is 13. The van der Waals surface area contributed by atoms with Crippen molar-refractivity contribution < 1.29 is 28.6 Å². The van der Waals surface area contributed by atoms with Crippen LogP contribution in [0.4, 0.5) is 5.82 Å². The standard InChI is InChI=1S/C27H50N3O7P/c1-2-3-4-5-6-7-8-9-10-11-12-13-14-15-19-35-24(17-20-37-38(33)34)23-36-25(22-31)21-30-18-16-26(28)29-27(30)32/h16,18,24-25,31H,2-15,17,19-23H2,1H3,(H2-,28,29,32,33,34)/p+1/t24?,25-/m0/s1. The molecule has 0 radical (unpaired) electrons. The maximum absolute atomic E-state index is 11.9. The van der Waals surface area contributed by atoms with Crippen molar-refractivity contribution in [2.24, 2.45) is 0 Å². The van der Waals surface area contributed by atoms with Gasteiger partial charge in [-0.3, -0.25) is 4.57 Å². The largest absolute Gasteiger partial charge is 0.694 e. The lowest BCUT2D eigenvalue weighted by atomic mass is 10.0. The summed E-state index contributed by atoms with van der Waals surface area (Å²) in [5.41, 5.74) is 5.00. The van der Waals surface area contributed by atoms with Crippen molar-refractivity contribution in [3.63, 3.8) is 0 Å². The average molecular weight is 561 g/mol. The number of nitrogens with two attached hydrogens (primary N) is 1. The van der Waals surface area contributed by atoms with Gasteiger partial charge in [0, 0.05) is 23.8 Å². The summed E-state index contributed by atoms with van der Waals surface area (Å²) in [7, 11) is -2.67. The lowest BCUT2D eigenvalue weighted by Gasteiger charge is -2.22. The van der Waals surface area contributed by atoms with E-state index in [0.717, 1.165) is 12.8 Å². The highest BCUT2D eigenvalue weighted by molar-refractivity contribution is 7.32. The maximum atomic E-state index is 11.9. The zero-order valence-corrected chi connectivity index (χ0v) is 24.2. The molecular weight excluding hydrogens is 509 g/mol. The van der Waals surface area contributed by atoms with Gasteiger partial charge in [0.05, 0.1) is 32.0 Å². The molecule has 1 aromatic rings. The Bertz CT molecular complexity index is 781. The molecule has 4 N–H and O–H groups in total. The lowest BCUT2D eigenvalue weighted by Crippen LogP contribution is -2.34. The summed E-state index contributed by atoms with van der Waals surface area (Å²) in [5.74, 6) is 0.131. The van der Waals surface area contributed by atoms with E-state index in [0.29, 0.717) is 13.0 Å². The average Bonchev–Trinajstić information content (AvgIpc) is 2.89. The van der Waals surface area contributed by atoms with Gasteiger partial charge in [0.15, 0.2) is 0 Å². The topological polar surface area (TPSA) is 146 Å². The summed E-state index contributed by atoms with van der Waals surface area (Å²) in [6, 6.07) is 1.51. The number of aliphatic hydroxyl groups is 1. The number of ether oxygens (including phenoxy) is 2. The number of hydrogen-bond donors (Lipinski definition) is 3. The molecule has 3 atom stereocenters. The van der Waals surface area contributed by atoms with Gasteiger partial charge in [-0.25, -0.2) is 4.79 Å². The van der Waals surface area contributed by atoms with E-state index in [-0.39, 0.29) is 38.3 Å². The van der Waals surface area contributed by atoms with Crippen LogP contribution in [0.2, 0.25) is 0 Å². The summed E-state index contributed by atoms with van der Waals surface area (Å²) in [6.07, 6.45) is 18.9. The maximum Gasteiger partial charge on any atom is 0.694 e. The summed E-state index contributed by atoms with van der Waals surface area (Å²) < 4.78 is 28.7. The Morgan fingerprint density at radius 2 is 1.50 bits per heavy atom. The zero-order valence-electron chi connectivity index (χ0n) is 23.3. The van der Waals surface area contributed by atoms with E-state index in [1.54, 1.807) is 0 Å². The number of hydrogen-bond acceptors (Lipinski definition) is 8. The number of aromatic nitrogens is 2. The molecule has 10 nitrogen and oxygen atoms in total. The molecule has 0 fully saturated rings. The SMILES string of the molecule is CCCCCCCCCCCCCCCCOC(CCO[P+](=O)O)CO[C@H](CO)Cn1ccc(N)nc1=O. The molecule has 2 unspecified atom stereocenters.